The Morgan fingerprint density at radius 3 is 2.33 bits per heavy atom. The van der Waals surface area contributed by atoms with Gasteiger partial charge in [-0.3, -0.25) is 4.79 Å². The van der Waals surface area contributed by atoms with Crippen molar-refractivity contribution in [1.29, 1.82) is 0 Å². The molecule has 0 N–H and O–H groups in total. The lowest BCUT2D eigenvalue weighted by Gasteiger charge is -2.04. The van der Waals surface area contributed by atoms with Gasteiger partial charge in [-0.1, -0.05) is 6.42 Å². The molecule has 0 saturated carbocycles. The fraction of sp³-hybridized carbons (Fsp3) is 0.917. The smallest absolute Gasteiger partial charge is 0.305 e. The van der Waals surface area contributed by atoms with Gasteiger partial charge in [0.25, 0.3) is 0 Å². The number of rotatable bonds is 11. The van der Waals surface area contributed by atoms with Gasteiger partial charge in [0.15, 0.2) is 0 Å². The van der Waals surface area contributed by atoms with E-state index in [4.69, 9.17) is 9.47 Å². The average Bonchev–Trinajstić information content (AvgIpc) is 2.29. The second kappa shape index (κ2) is 10.3. The summed E-state index contributed by atoms with van der Waals surface area (Å²) >= 11 is 0. The Balaban J connectivity index is 3.55. The number of esters is 1. The van der Waals surface area contributed by atoms with Crippen molar-refractivity contribution in [2.24, 2.45) is 0 Å². The lowest BCUT2D eigenvalue weighted by Crippen LogP contribution is -2.12. The van der Waals surface area contributed by atoms with Gasteiger partial charge in [0, 0.05) is 20.1 Å². The maximum absolute atomic E-state index is 11.6. The van der Waals surface area contributed by atoms with E-state index in [1.165, 1.54) is 0 Å². The van der Waals surface area contributed by atoms with E-state index in [-0.39, 0.29) is 17.5 Å². The fourth-order valence-electron chi connectivity index (χ4n) is 1.53. The molecule has 108 valence electrons. The molecule has 0 saturated heterocycles. The van der Waals surface area contributed by atoms with Crippen LogP contribution < -0.4 is 0 Å². The lowest BCUT2D eigenvalue weighted by molar-refractivity contribution is -0.143. The minimum atomic E-state index is -2.96. The molecule has 0 spiro atoms. The lowest BCUT2D eigenvalue weighted by atomic mass is 10.2. The van der Waals surface area contributed by atoms with Crippen LogP contribution in [-0.2, 0) is 24.1 Å². The molecule has 6 heteroatoms. The summed E-state index contributed by atoms with van der Waals surface area (Å²) < 4.78 is 32.7. The third kappa shape index (κ3) is 10.5. The fourth-order valence-corrected chi connectivity index (χ4v) is 2.93. The first-order valence-corrected chi connectivity index (χ1v) is 8.19. The monoisotopic (exact) mass is 280 g/mol. The van der Waals surface area contributed by atoms with E-state index in [0.29, 0.717) is 38.9 Å². The van der Waals surface area contributed by atoms with Crippen molar-refractivity contribution in [2.45, 2.75) is 39.0 Å². The SMILES string of the molecule is CCOC(=O)CCCCCS(=O)(=O)CCCOC. The van der Waals surface area contributed by atoms with E-state index in [2.05, 4.69) is 0 Å². The zero-order valence-electron chi connectivity index (χ0n) is 11.3. The van der Waals surface area contributed by atoms with Crippen molar-refractivity contribution in [3.8, 4) is 0 Å². The number of ether oxygens (including phenoxy) is 2. The summed E-state index contributed by atoms with van der Waals surface area (Å²) in [4.78, 5) is 11.0. The van der Waals surface area contributed by atoms with Gasteiger partial charge >= 0.3 is 5.97 Å². The first-order chi connectivity index (χ1) is 8.52. The van der Waals surface area contributed by atoms with Gasteiger partial charge in [0.2, 0.25) is 0 Å². The normalized spacial score (nSPS) is 11.4. The predicted molar refractivity (Wildman–Crippen MR) is 70.2 cm³/mol. The van der Waals surface area contributed by atoms with E-state index < -0.39 is 9.84 Å². The Hall–Kier alpha value is -0.620. The summed E-state index contributed by atoms with van der Waals surface area (Å²) in [6.07, 6.45) is 2.95. The van der Waals surface area contributed by atoms with Gasteiger partial charge in [-0.2, -0.15) is 0 Å². The molecule has 0 aromatic rings. The molecule has 0 aliphatic heterocycles. The van der Waals surface area contributed by atoms with Gasteiger partial charge in [-0.15, -0.1) is 0 Å². The number of methoxy groups -OCH3 is 1. The van der Waals surface area contributed by atoms with Crippen molar-refractivity contribution >= 4 is 15.8 Å². The minimum Gasteiger partial charge on any atom is -0.466 e. The average molecular weight is 280 g/mol. The highest BCUT2D eigenvalue weighted by Gasteiger charge is 2.10. The predicted octanol–water partition coefficient (Wildman–Crippen LogP) is 1.56. The second-order valence-electron chi connectivity index (χ2n) is 4.11. The molecule has 0 atom stereocenters. The van der Waals surface area contributed by atoms with Crippen LogP contribution in [0.2, 0.25) is 0 Å². The number of hydrogen-bond donors (Lipinski definition) is 0. The van der Waals surface area contributed by atoms with Crippen LogP contribution in [0.25, 0.3) is 0 Å². The number of carbonyl (C=O) groups is 1. The van der Waals surface area contributed by atoms with Crippen molar-refractivity contribution < 1.29 is 22.7 Å². The molecule has 0 bridgehead atoms. The van der Waals surface area contributed by atoms with Crippen LogP contribution in [-0.4, -0.2) is 46.2 Å². The van der Waals surface area contributed by atoms with Crippen LogP contribution >= 0.6 is 0 Å². The topological polar surface area (TPSA) is 69.7 Å². The highest BCUT2D eigenvalue weighted by molar-refractivity contribution is 7.91. The number of carbonyl (C=O) groups excluding carboxylic acids is 1. The van der Waals surface area contributed by atoms with Gasteiger partial charge in [0.1, 0.15) is 9.84 Å². The second-order valence-corrected chi connectivity index (χ2v) is 6.42. The van der Waals surface area contributed by atoms with Gasteiger partial charge in [0.05, 0.1) is 18.1 Å². The highest BCUT2D eigenvalue weighted by Crippen LogP contribution is 2.05. The van der Waals surface area contributed by atoms with E-state index in [9.17, 15) is 13.2 Å². The Kier molecular flexibility index (Phi) is 9.96. The van der Waals surface area contributed by atoms with Crippen molar-refractivity contribution in [2.75, 3.05) is 31.8 Å². The maximum atomic E-state index is 11.6. The van der Waals surface area contributed by atoms with Crippen LogP contribution in [0.3, 0.4) is 0 Å². The van der Waals surface area contributed by atoms with Crippen LogP contribution in [0.1, 0.15) is 39.0 Å². The zero-order valence-corrected chi connectivity index (χ0v) is 12.1. The molecular weight excluding hydrogens is 256 g/mol. The molecule has 0 aliphatic rings. The van der Waals surface area contributed by atoms with E-state index >= 15 is 0 Å². The summed E-state index contributed by atoms with van der Waals surface area (Å²) in [5.74, 6) is 0.165. The Morgan fingerprint density at radius 1 is 1.06 bits per heavy atom. The summed E-state index contributed by atoms with van der Waals surface area (Å²) in [6.45, 7) is 2.64. The summed E-state index contributed by atoms with van der Waals surface area (Å²) in [5, 5.41) is 0. The van der Waals surface area contributed by atoms with E-state index in [0.717, 1.165) is 6.42 Å². The summed E-state index contributed by atoms with van der Waals surface area (Å²) in [7, 11) is -1.40. The third-order valence-electron chi connectivity index (χ3n) is 2.45. The molecule has 0 fully saturated rings. The molecule has 18 heavy (non-hydrogen) atoms. The Bertz CT molecular complexity index is 310. The number of unbranched alkanes of at least 4 members (excludes halogenated alkanes) is 2. The molecule has 0 aromatic heterocycles. The van der Waals surface area contributed by atoms with Gasteiger partial charge in [-0.05, 0) is 26.2 Å². The van der Waals surface area contributed by atoms with Crippen LogP contribution in [0.4, 0.5) is 0 Å². The Labute approximate surface area is 110 Å². The first kappa shape index (κ1) is 17.4. The molecule has 0 heterocycles. The minimum absolute atomic E-state index is 0.179. The molecule has 0 rings (SSSR count). The van der Waals surface area contributed by atoms with Crippen LogP contribution in [0.15, 0.2) is 0 Å². The van der Waals surface area contributed by atoms with Gasteiger partial charge in [-0.25, -0.2) is 8.42 Å². The van der Waals surface area contributed by atoms with Crippen LogP contribution in [0.5, 0.6) is 0 Å². The molecule has 0 aliphatic carbocycles. The largest absolute Gasteiger partial charge is 0.466 e. The molecule has 0 aromatic carbocycles. The number of sulfone groups is 1. The quantitative estimate of drug-likeness (QED) is 0.424. The zero-order chi connectivity index (χ0) is 13.9. The first-order valence-electron chi connectivity index (χ1n) is 6.37. The van der Waals surface area contributed by atoms with E-state index in [1.807, 2.05) is 0 Å². The number of hydrogen-bond acceptors (Lipinski definition) is 5. The Morgan fingerprint density at radius 2 is 1.72 bits per heavy atom. The molecule has 0 unspecified atom stereocenters. The summed E-state index contributed by atoms with van der Waals surface area (Å²) in [5.41, 5.74) is 0. The standard InChI is InChI=1S/C12H24O5S/c1-3-17-12(13)8-5-4-6-10-18(14,15)11-7-9-16-2/h3-11H2,1-2H3. The van der Waals surface area contributed by atoms with Crippen molar-refractivity contribution in [3.63, 3.8) is 0 Å². The van der Waals surface area contributed by atoms with Crippen molar-refractivity contribution in [1.82, 2.24) is 0 Å². The molecule has 0 radical (unpaired) electrons. The molecular formula is C12H24O5S. The molecule has 0 amide bonds. The van der Waals surface area contributed by atoms with Crippen LogP contribution in [0, 0.1) is 0 Å². The molecule has 5 nitrogen and oxygen atoms in total. The highest BCUT2D eigenvalue weighted by atomic mass is 32.2. The third-order valence-corrected chi connectivity index (χ3v) is 4.27. The van der Waals surface area contributed by atoms with Crippen molar-refractivity contribution in [3.05, 3.63) is 0 Å². The maximum Gasteiger partial charge on any atom is 0.305 e. The van der Waals surface area contributed by atoms with E-state index in [1.54, 1.807) is 14.0 Å². The van der Waals surface area contributed by atoms with Gasteiger partial charge < -0.3 is 9.47 Å². The summed E-state index contributed by atoms with van der Waals surface area (Å²) in [6, 6.07) is 0.